The molecule has 0 spiro atoms. The lowest BCUT2D eigenvalue weighted by atomic mass is 10.1. The summed E-state index contributed by atoms with van der Waals surface area (Å²) in [5.41, 5.74) is 2.60. The molecule has 0 aromatic heterocycles. The van der Waals surface area contributed by atoms with E-state index >= 15 is 0 Å². The van der Waals surface area contributed by atoms with Crippen LogP contribution in [0.5, 0.6) is 0 Å². The van der Waals surface area contributed by atoms with Gasteiger partial charge in [0.2, 0.25) is 0 Å². The Balaban J connectivity index is 0.00000392. The predicted octanol–water partition coefficient (Wildman–Crippen LogP) is 3.89. The van der Waals surface area contributed by atoms with Gasteiger partial charge in [-0.05, 0) is 37.8 Å². The van der Waals surface area contributed by atoms with Crippen molar-refractivity contribution < 1.29 is 4.74 Å². The number of guanidine groups is 1. The van der Waals surface area contributed by atoms with Crippen LogP contribution in [0.25, 0.3) is 0 Å². The van der Waals surface area contributed by atoms with Crippen LogP contribution < -0.4 is 5.32 Å². The molecule has 6 heteroatoms. The van der Waals surface area contributed by atoms with Gasteiger partial charge in [-0.15, -0.1) is 30.6 Å². The molecule has 1 aliphatic rings. The summed E-state index contributed by atoms with van der Waals surface area (Å²) in [6.07, 6.45) is 4.42. The van der Waals surface area contributed by atoms with E-state index in [-0.39, 0.29) is 24.0 Å². The lowest BCUT2D eigenvalue weighted by molar-refractivity contribution is -0.0212. The molecule has 2 rings (SSSR count). The summed E-state index contributed by atoms with van der Waals surface area (Å²) < 4.78 is 5.64. The first-order valence-electron chi connectivity index (χ1n) is 10.1. The Morgan fingerprint density at radius 2 is 2.21 bits per heavy atom. The van der Waals surface area contributed by atoms with Crippen molar-refractivity contribution in [3.63, 3.8) is 0 Å². The maximum Gasteiger partial charge on any atom is 0.193 e. The Kier molecular flexibility index (Phi) is 12.4. The van der Waals surface area contributed by atoms with Crippen LogP contribution in [0, 0.1) is 0 Å². The quantitative estimate of drug-likeness (QED) is 0.184. The molecule has 0 radical (unpaired) electrons. The average Bonchev–Trinajstić information content (AvgIpc) is 2.65. The van der Waals surface area contributed by atoms with E-state index in [9.17, 15) is 0 Å². The van der Waals surface area contributed by atoms with E-state index in [1.165, 1.54) is 11.1 Å². The van der Waals surface area contributed by atoms with Crippen LogP contribution in [-0.4, -0.2) is 61.7 Å². The second kappa shape index (κ2) is 14.0. The molecule has 0 bridgehead atoms. The van der Waals surface area contributed by atoms with Crippen molar-refractivity contribution in [1.29, 1.82) is 0 Å². The third-order valence-corrected chi connectivity index (χ3v) is 4.73. The number of nitrogens with zero attached hydrogens (tertiary/aromatic N) is 3. The second-order valence-corrected chi connectivity index (χ2v) is 7.26. The van der Waals surface area contributed by atoms with E-state index in [2.05, 4.69) is 66.9 Å². The fourth-order valence-electron chi connectivity index (χ4n) is 3.33. The first-order chi connectivity index (χ1) is 13.1. The zero-order valence-corrected chi connectivity index (χ0v) is 20.0. The number of allylic oxidation sites excluding steroid dienone is 1. The lowest BCUT2D eigenvalue weighted by Gasteiger charge is -2.31. The molecular formula is C22H37IN4O. The molecule has 5 nitrogen and oxygen atoms in total. The molecule has 1 aromatic carbocycles. The molecule has 0 aliphatic carbocycles. The van der Waals surface area contributed by atoms with Crippen LogP contribution in [0.2, 0.25) is 0 Å². The Morgan fingerprint density at radius 3 is 2.93 bits per heavy atom. The van der Waals surface area contributed by atoms with Crippen LogP contribution >= 0.6 is 24.0 Å². The van der Waals surface area contributed by atoms with Crippen molar-refractivity contribution in [1.82, 2.24) is 15.1 Å². The topological polar surface area (TPSA) is 40.1 Å². The van der Waals surface area contributed by atoms with Crippen LogP contribution in [0.3, 0.4) is 0 Å². The molecular weight excluding hydrogens is 463 g/mol. The van der Waals surface area contributed by atoms with Gasteiger partial charge in [0.05, 0.1) is 19.3 Å². The molecule has 0 amide bonds. The van der Waals surface area contributed by atoms with Crippen molar-refractivity contribution in [2.45, 2.75) is 45.9 Å². The summed E-state index contributed by atoms with van der Waals surface area (Å²) in [6, 6.07) is 8.80. The molecule has 158 valence electrons. The van der Waals surface area contributed by atoms with Crippen LogP contribution in [-0.2, 0) is 17.8 Å². The normalized spacial score (nSPS) is 17.7. The van der Waals surface area contributed by atoms with Crippen molar-refractivity contribution in [3.8, 4) is 0 Å². The molecule has 1 N–H and O–H groups in total. The molecule has 28 heavy (non-hydrogen) atoms. The largest absolute Gasteiger partial charge is 0.376 e. The molecule has 1 aromatic rings. The number of benzene rings is 1. The summed E-state index contributed by atoms with van der Waals surface area (Å²) in [4.78, 5) is 9.50. The molecule has 1 heterocycles. The summed E-state index contributed by atoms with van der Waals surface area (Å²) in [5, 5.41) is 3.39. The number of halogens is 1. The molecule has 1 atom stereocenters. The van der Waals surface area contributed by atoms with Gasteiger partial charge in [0.1, 0.15) is 0 Å². The highest BCUT2D eigenvalue weighted by molar-refractivity contribution is 14.0. The van der Waals surface area contributed by atoms with E-state index < -0.39 is 0 Å². The van der Waals surface area contributed by atoms with E-state index in [0.717, 1.165) is 58.1 Å². The Morgan fingerprint density at radius 1 is 1.43 bits per heavy atom. The minimum atomic E-state index is 0. The van der Waals surface area contributed by atoms with Gasteiger partial charge < -0.3 is 15.0 Å². The van der Waals surface area contributed by atoms with Crippen LogP contribution in [0.4, 0.5) is 0 Å². The van der Waals surface area contributed by atoms with Gasteiger partial charge in [-0.2, -0.15) is 0 Å². The second-order valence-electron chi connectivity index (χ2n) is 7.26. The third-order valence-electron chi connectivity index (χ3n) is 4.73. The number of nitrogens with one attached hydrogen (secondary N) is 1. The van der Waals surface area contributed by atoms with E-state index in [0.29, 0.717) is 12.6 Å². The van der Waals surface area contributed by atoms with E-state index in [4.69, 9.17) is 9.73 Å². The number of hydrogen-bond donors (Lipinski definition) is 1. The summed E-state index contributed by atoms with van der Waals surface area (Å²) in [7, 11) is 2.10. The third kappa shape index (κ3) is 8.92. The standard InChI is InChI=1S/C22H36N4O.HI/c1-5-7-8-12-25(4)22(23-6-2)24-16-20-10-9-11-21(15-20)18-26-13-14-27-19(3)17-26;/h5,9-11,15,19H,1,6-8,12-14,16-18H2,2-4H3,(H,23,24);1H. The maximum absolute atomic E-state index is 5.64. The first-order valence-corrected chi connectivity index (χ1v) is 10.1. The van der Waals surface area contributed by atoms with Crippen LogP contribution in [0.15, 0.2) is 41.9 Å². The number of hydrogen-bond acceptors (Lipinski definition) is 3. The average molecular weight is 500 g/mol. The van der Waals surface area contributed by atoms with Crippen molar-refractivity contribution in [2.24, 2.45) is 4.99 Å². The maximum atomic E-state index is 5.64. The molecule has 0 saturated carbocycles. The number of unbranched alkanes of at least 4 members (excludes halogenated alkanes) is 1. The Bertz CT molecular complexity index is 608. The van der Waals surface area contributed by atoms with Crippen LogP contribution in [0.1, 0.15) is 37.8 Å². The lowest BCUT2D eigenvalue weighted by Crippen LogP contribution is -2.40. The summed E-state index contributed by atoms with van der Waals surface area (Å²) in [6.45, 7) is 14.4. The highest BCUT2D eigenvalue weighted by Crippen LogP contribution is 2.13. The fourth-order valence-corrected chi connectivity index (χ4v) is 3.33. The zero-order chi connectivity index (χ0) is 19.5. The van der Waals surface area contributed by atoms with Gasteiger partial charge in [-0.1, -0.05) is 30.3 Å². The minimum absolute atomic E-state index is 0. The molecule has 1 aliphatic heterocycles. The number of morpholine rings is 1. The smallest absolute Gasteiger partial charge is 0.193 e. The number of ether oxygens (including phenoxy) is 1. The van der Waals surface area contributed by atoms with E-state index in [1.807, 2.05) is 6.08 Å². The van der Waals surface area contributed by atoms with E-state index in [1.54, 1.807) is 0 Å². The highest BCUT2D eigenvalue weighted by Gasteiger charge is 2.16. The summed E-state index contributed by atoms with van der Waals surface area (Å²) >= 11 is 0. The van der Waals surface area contributed by atoms with Gasteiger partial charge in [-0.25, -0.2) is 4.99 Å². The minimum Gasteiger partial charge on any atom is -0.376 e. The predicted molar refractivity (Wildman–Crippen MR) is 129 cm³/mol. The first kappa shape index (κ1) is 24.9. The zero-order valence-electron chi connectivity index (χ0n) is 17.7. The van der Waals surface area contributed by atoms with Gasteiger partial charge in [0.15, 0.2) is 5.96 Å². The van der Waals surface area contributed by atoms with Gasteiger partial charge >= 0.3 is 0 Å². The molecule has 1 unspecified atom stereocenters. The SMILES string of the molecule is C=CCCCN(C)C(=NCc1cccc(CN2CCOC(C)C2)c1)NCC.I. The molecule has 1 saturated heterocycles. The monoisotopic (exact) mass is 500 g/mol. The Labute approximate surface area is 188 Å². The van der Waals surface area contributed by atoms with Gasteiger partial charge in [0.25, 0.3) is 0 Å². The number of aliphatic imine (C=N–C) groups is 1. The Hall–Kier alpha value is -1.12. The fraction of sp³-hybridized carbons (Fsp3) is 0.591. The van der Waals surface area contributed by atoms with Crippen molar-refractivity contribution in [2.75, 3.05) is 39.8 Å². The van der Waals surface area contributed by atoms with Gasteiger partial charge in [0, 0.05) is 39.8 Å². The van der Waals surface area contributed by atoms with Crippen molar-refractivity contribution in [3.05, 3.63) is 48.0 Å². The van der Waals surface area contributed by atoms with Crippen molar-refractivity contribution >= 4 is 29.9 Å². The van der Waals surface area contributed by atoms with Gasteiger partial charge in [-0.3, -0.25) is 4.90 Å². The summed E-state index contributed by atoms with van der Waals surface area (Å²) in [5.74, 6) is 0.967. The number of rotatable bonds is 9. The highest BCUT2D eigenvalue weighted by atomic mass is 127. The molecule has 1 fully saturated rings.